The van der Waals surface area contributed by atoms with E-state index in [4.69, 9.17) is 4.74 Å². The molecule has 0 unspecified atom stereocenters. The van der Waals surface area contributed by atoms with Gasteiger partial charge in [0, 0.05) is 5.57 Å². The van der Waals surface area contributed by atoms with E-state index in [9.17, 15) is 9.59 Å². The van der Waals surface area contributed by atoms with Crippen LogP contribution in [0.3, 0.4) is 0 Å². The van der Waals surface area contributed by atoms with E-state index in [2.05, 4.69) is 0 Å². The van der Waals surface area contributed by atoms with E-state index in [1.54, 1.807) is 20.8 Å². The van der Waals surface area contributed by atoms with Gasteiger partial charge in [-0.3, -0.25) is 9.59 Å². The highest BCUT2D eigenvalue weighted by Crippen LogP contribution is 2.36. The molecule has 0 aliphatic heterocycles. The molecule has 72 valence electrons. The molecule has 13 heavy (non-hydrogen) atoms. The predicted octanol–water partition coefficient (Wildman–Crippen LogP) is 1.47. The lowest BCUT2D eigenvalue weighted by Gasteiger charge is -2.30. The molecule has 0 N–H and O–H groups in total. The first-order chi connectivity index (χ1) is 5.91. The Labute approximate surface area is 77.8 Å². The van der Waals surface area contributed by atoms with Crippen LogP contribution in [0, 0.1) is 5.41 Å². The Morgan fingerprint density at radius 2 is 1.85 bits per heavy atom. The van der Waals surface area contributed by atoms with Crippen LogP contribution in [-0.4, -0.2) is 18.7 Å². The van der Waals surface area contributed by atoms with E-state index in [-0.39, 0.29) is 18.0 Å². The summed E-state index contributed by atoms with van der Waals surface area (Å²) in [6.45, 7) is 5.27. The summed E-state index contributed by atoms with van der Waals surface area (Å²) in [5, 5.41) is 0. The SMILES string of the molecule is COC1=C(C)C(=O)CC(=O)C1(C)C. The Balaban J connectivity index is 3.26. The van der Waals surface area contributed by atoms with E-state index in [1.807, 2.05) is 0 Å². The second-order valence-corrected chi connectivity index (χ2v) is 3.81. The van der Waals surface area contributed by atoms with Gasteiger partial charge in [0.1, 0.15) is 5.76 Å². The number of carbonyl (C=O) groups excluding carboxylic acids is 2. The normalized spacial score (nSPS) is 22.2. The predicted molar refractivity (Wildman–Crippen MR) is 48.1 cm³/mol. The second kappa shape index (κ2) is 2.98. The average molecular weight is 182 g/mol. The Kier molecular flexibility index (Phi) is 2.28. The highest BCUT2D eigenvalue weighted by Gasteiger charge is 2.40. The van der Waals surface area contributed by atoms with E-state index < -0.39 is 5.41 Å². The van der Waals surface area contributed by atoms with E-state index in [0.29, 0.717) is 11.3 Å². The largest absolute Gasteiger partial charge is 0.500 e. The number of rotatable bonds is 1. The van der Waals surface area contributed by atoms with E-state index in [1.165, 1.54) is 7.11 Å². The quantitative estimate of drug-likeness (QED) is 0.577. The molecular weight excluding hydrogens is 168 g/mol. The van der Waals surface area contributed by atoms with Gasteiger partial charge in [0.25, 0.3) is 0 Å². The number of methoxy groups -OCH3 is 1. The number of ketones is 2. The number of carbonyl (C=O) groups is 2. The van der Waals surface area contributed by atoms with Gasteiger partial charge in [-0.2, -0.15) is 0 Å². The van der Waals surface area contributed by atoms with Crippen molar-refractivity contribution in [1.29, 1.82) is 0 Å². The molecule has 0 aromatic carbocycles. The molecule has 0 heterocycles. The molecule has 1 rings (SSSR count). The van der Waals surface area contributed by atoms with Gasteiger partial charge >= 0.3 is 0 Å². The molecule has 3 nitrogen and oxygen atoms in total. The van der Waals surface area contributed by atoms with Gasteiger partial charge in [-0.15, -0.1) is 0 Å². The first kappa shape index (κ1) is 9.96. The molecule has 0 radical (unpaired) electrons. The molecule has 0 amide bonds. The third-order valence-corrected chi connectivity index (χ3v) is 2.55. The summed E-state index contributed by atoms with van der Waals surface area (Å²) in [4.78, 5) is 22.8. The van der Waals surface area contributed by atoms with Crippen molar-refractivity contribution in [3.05, 3.63) is 11.3 Å². The van der Waals surface area contributed by atoms with Crippen LogP contribution >= 0.6 is 0 Å². The number of hydrogen-bond acceptors (Lipinski definition) is 3. The summed E-state index contributed by atoms with van der Waals surface area (Å²) < 4.78 is 5.10. The number of Topliss-reactive ketones (excluding diaryl/α,β-unsaturated/α-hetero) is 2. The maximum Gasteiger partial charge on any atom is 0.169 e. The summed E-state index contributed by atoms with van der Waals surface area (Å²) in [7, 11) is 1.49. The molecule has 0 bridgehead atoms. The number of allylic oxidation sites excluding steroid dienone is 2. The van der Waals surface area contributed by atoms with Gasteiger partial charge in [-0.1, -0.05) is 0 Å². The van der Waals surface area contributed by atoms with Gasteiger partial charge in [-0.25, -0.2) is 0 Å². The van der Waals surface area contributed by atoms with E-state index >= 15 is 0 Å². The van der Waals surface area contributed by atoms with Crippen LogP contribution in [0.1, 0.15) is 27.2 Å². The fraction of sp³-hybridized carbons (Fsp3) is 0.600. The molecule has 3 heteroatoms. The van der Waals surface area contributed by atoms with Crippen LogP contribution in [0.5, 0.6) is 0 Å². The van der Waals surface area contributed by atoms with Crippen LogP contribution in [0.25, 0.3) is 0 Å². The molecular formula is C10H14O3. The summed E-state index contributed by atoms with van der Waals surface area (Å²) >= 11 is 0. The Bertz CT molecular complexity index is 297. The zero-order valence-electron chi connectivity index (χ0n) is 8.43. The molecule has 0 aromatic rings. The Morgan fingerprint density at radius 1 is 1.31 bits per heavy atom. The fourth-order valence-electron chi connectivity index (χ4n) is 1.63. The lowest BCUT2D eigenvalue weighted by molar-refractivity contribution is -0.133. The Hall–Kier alpha value is -1.12. The van der Waals surface area contributed by atoms with Crippen molar-refractivity contribution in [3.8, 4) is 0 Å². The van der Waals surface area contributed by atoms with Gasteiger partial charge in [-0.05, 0) is 20.8 Å². The average Bonchev–Trinajstić information content (AvgIpc) is 2.02. The molecule has 0 saturated carbocycles. The topological polar surface area (TPSA) is 43.4 Å². The smallest absolute Gasteiger partial charge is 0.169 e. The lowest BCUT2D eigenvalue weighted by Crippen LogP contribution is -2.35. The maximum absolute atomic E-state index is 11.5. The minimum Gasteiger partial charge on any atom is -0.500 e. The van der Waals surface area contributed by atoms with Crippen molar-refractivity contribution in [1.82, 2.24) is 0 Å². The molecule has 1 aliphatic rings. The molecule has 1 aliphatic carbocycles. The van der Waals surface area contributed by atoms with Crippen molar-refractivity contribution in [2.45, 2.75) is 27.2 Å². The summed E-state index contributed by atoms with van der Waals surface area (Å²) in [5.74, 6) is 0.315. The lowest BCUT2D eigenvalue weighted by atomic mass is 9.76. The van der Waals surface area contributed by atoms with Crippen LogP contribution < -0.4 is 0 Å². The Morgan fingerprint density at radius 3 is 2.31 bits per heavy atom. The van der Waals surface area contributed by atoms with Gasteiger partial charge in [0.05, 0.1) is 18.9 Å². The minimum atomic E-state index is -0.646. The zero-order chi connectivity index (χ0) is 10.2. The first-order valence-corrected chi connectivity index (χ1v) is 4.23. The molecule has 0 saturated heterocycles. The monoisotopic (exact) mass is 182 g/mol. The minimum absolute atomic E-state index is 0.00565. The van der Waals surface area contributed by atoms with Gasteiger partial charge in [0.2, 0.25) is 0 Å². The second-order valence-electron chi connectivity index (χ2n) is 3.81. The van der Waals surface area contributed by atoms with Crippen molar-refractivity contribution in [2.24, 2.45) is 5.41 Å². The van der Waals surface area contributed by atoms with Crippen molar-refractivity contribution < 1.29 is 14.3 Å². The third kappa shape index (κ3) is 1.39. The van der Waals surface area contributed by atoms with E-state index in [0.717, 1.165) is 0 Å². The van der Waals surface area contributed by atoms with Crippen LogP contribution in [0.4, 0.5) is 0 Å². The van der Waals surface area contributed by atoms with Crippen molar-refractivity contribution in [3.63, 3.8) is 0 Å². The number of hydrogen-bond donors (Lipinski definition) is 0. The summed E-state index contributed by atoms with van der Waals surface area (Å²) in [6.07, 6.45) is 0.00565. The van der Waals surface area contributed by atoms with Crippen LogP contribution in [-0.2, 0) is 14.3 Å². The highest BCUT2D eigenvalue weighted by atomic mass is 16.5. The first-order valence-electron chi connectivity index (χ1n) is 4.23. The molecule has 0 spiro atoms. The summed E-state index contributed by atoms with van der Waals surface area (Å²) in [5.41, 5.74) is -0.0701. The third-order valence-electron chi connectivity index (χ3n) is 2.55. The highest BCUT2D eigenvalue weighted by molar-refractivity contribution is 6.13. The van der Waals surface area contributed by atoms with Gasteiger partial charge < -0.3 is 4.74 Å². The van der Waals surface area contributed by atoms with Crippen LogP contribution in [0.2, 0.25) is 0 Å². The summed E-state index contributed by atoms with van der Waals surface area (Å²) in [6, 6.07) is 0. The van der Waals surface area contributed by atoms with Crippen molar-refractivity contribution >= 4 is 11.6 Å². The molecule has 0 fully saturated rings. The van der Waals surface area contributed by atoms with Crippen LogP contribution in [0.15, 0.2) is 11.3 Å². The standard InChI is InChI=1S/C10H14O3/c1-6-7(11)5-8(12)10(2,3)9(6)13-4/h5H2,1-4H3. The molecule has 0 atom stereocenters. The molecule has 0 aromatic heterocycles. The fourth-order valence-corrected chi connectivity index (χ4v) is 1.63. The van der Waals surface area contributed by atoms with Gasteiger partial charge in [0.15, 0.2) is 11.6 Å². The number of ether oxygens (including phenoxy) is 1. The maximum atomic E-state index is 11.5. The zero-order valence-corrected chi connectivity index (χ0v) is 8.43. The van der Waals surface area contributed by atoms with Crippen molar-refractivity contribution in [2.75, 3.05) is 7.11 Å².